The number of aryl methyl sites for hydroxylation is 1. The maximum Gasteiger partial charge on any atom is 0.121 e. The normalized spacial score (nSPS) is 11.4. The third kappa shape index (κ3) is 3.83. The maximum atomic E-state index is 11.8. The van der Waals surface area contributed by atoms with Gasteiger partial charge in [-0.3, -0.25) is 4.98 Å². The molecule has 1 aromatic carbocycles. The summed E-state index contributed by atoms with van der Waals surface area (Å²) in [6.45, 7) is 3.41. The molecule has 0 bridgehead atoms. The number of hydrogen-bond acceptors (Lipinski definition) is 4. The minimum Gasteiger partial charge on any atom is -0.491 e. The zero-order chi connectivity index (χ0) is 16.8. The van der Waals surface area contributed by atoms with Gasteiger partial charge in [-0.2, -0.15) is 0 Å². The summed E-state index contributed by atoms with van der Waals surface area (Å²) in [5, 5.41) is 2.32. The zero-order valence-corrected chi connectivity index (χ0v) is 13.7. The molecule has 3 aromatic rings. The molecule has 0 amide bonds. The first-order chi connectivity index (χ1) is 11.8. The average Bonchev–Trinajstić information content (AvgIpc) is 2.97. The van der Waals surface area contributed by atoms with Crippen molar-refractivity contribution in [2.45, 2.75) is 6.92 Å². The predicted molar refractivity (Wildman–Crippen MR) is 91.4 cm³/mol. The Morgan fingerprint density at radius 1 is 1.00 bits per heavy atom. The highest BCUT2D eigenvalue weighted by Crippen LogP contribution is 2.29. The Bertz CT molecular complexity index is 803. The van der Waals surface area contributed by atoms with Gasteiger partial charge in [-0.25, -0.2) is 4.39 Å². The summed E-state index contributed by atoms with van der Waals surface area (Å²) in [4.78, 5) is 7.71. The fourth-order valence-corrected chi connectivity index (χ4v) is 2.63. The Balaban J connectivity index is 1.54. The van der Waals surface area contributed by atoms with Gasteiger partial charge in [0.2, 0.25) is 0 Å². The van der Waals surface area contributed by atoms with Crippen LogP contribution in [0.2, 0.25) is 0 Å². The van der Waals surface area contributed by atoms with Crippen LogP contribution in [0.15, 0.2) is 30.5 Å². The molecule has 0 saturated heterocycles. The summed E-state index contributed by atoms with van der Waals surface area (Å²) in [6.07, 6.45) is 1.82. The van der Waals surface area contributed by atoms with Crippen LogP contribution in [0.1, 0.15) is 5.69 Å². The van der Waals surface area contributed by atoms with E-state index in [1.54, 1.807) is 0 Å². The second-order valence-electron chi connectivity index (χ2n) is 5.41. The molecular formula is C18H21FN2O3. The summed E-state index contributed by atoms with van der Waals surface area (Å²) in [5.41, 5.74) is 3.06. The van der Waals surface area contributed by atoms with Crippen LogP contribution in [0.4, 0.5) is 4.39 Å². The van der Waals surface area contributed by atoms with Crippen molar-refractivity contribution in [1.82, 2.24) is 9.97 Å². The molecule has 128 valence electrons. The lowest BCUT2D eigenvalue weighted by Crippen LogP contribution is -2.11. The number of benzene rings is 1. The zero-order valence-electron chi connectivity index (χ0n) is 13.7. The van der Waals surface area contributed by atoms with E-state index in [-0.39, 0.29) is 6.61 Å². The van der Waals surface area contributed by atoms with Gasteiger partial charge in [0.15, 0.2) is 0 Å². The van der Waals surface area contributed by atoms with Crippen LogP contribution < -0.4 is 4.74 Å². The standard InChI is InChI=1S/C18H21FN2O3/c1-13-18-16(4-6-20-13)15-3-2-14(12-17(15)21-18)24-11-10-23-9-8-22-7-5-19/h2-4,6,12,21H,5,7-11H2,1H3. The average molecular weight is 332 g/mol. The van der Waals surface area contributed by atoms with E-state index in [9.17, 15) is 4.39 Å². The highest BCUT2D eigenvalue weighted by Gasteiger charge is 2.07. The highest BCUT2D eigenvalue weighted by atomic mass is 19.1. The first-order valence-corrected chi connectivity index (χ1v) is 8.01. The van der Waals surface area contributed by atoms with Gasteiger partial charge in [-0.15, -0.1) is 0 Å². The smallest absolute Gasteiger partial charge is 0.121 e. The number of ether oxygens (including phenoxy) is 3. The van der Waals surface area contributed by atoms with E-state index in [1.807, 2.05) is 31.3 Å². The Kier molecular flexibility index (Phi) is 5.61. The number of nitrogens with one attached hydrogen (secondary N) is 1. The quantitative estimate of drug-likeness (QED) is 0.610. The van der Waals surface area contributed by atoms with Crippen molar-refractivity contribution >= 4 is 21.8 Å². The van der Waals surface area contributed by atoms with Gasteiger partial charge in [-0.1, -0.05) is 0 Å². The molecule has 24 heavy (non-hydrogen) atoms. The molecule has 0 atom stereocenters. The topological polar surface area (TPSA) is 56.4 Å². The first kappa shape index (κ1) is 16.7. The van der Waals surface area contributed by atoms with E-state index >= 15 is 0 Å². The molecule has 0 aliphatic carbocycles. The monoisotopic (exact) mass is 332 g/mol. The second-order valence-corrected chi connectivity index (χ2v) is 5.41. The molecular weight excluding hydrogens is 311 g/mol. The number of alkyl halides is 1. The van der Waals surface area contributed by atoms with Crippen molar-refractivity contribution in [2.24, 2.45) is 0 Å². The van der Waals surface area contributed by atoms with Crippen molar-refractivity contribution in [3.63, 3.8) is 0 Å². The number of aromatic amines is 1. The van der Waals surface area contributed by atoms with E-state index in [0.29, 0.717) is 26.4 Å². The van der Waals surface area contributed by atoms with Gasteiger partial charge in [0.05, 0.1) is 43.2 Å². The van der Waals surface area contributed by atoms with Gasteiger partial charge in [0, 0.05) is 23.0 Å². The second kappa shape index (κ2) is 8.08. The Morgan fingerprint density at radius 3 is 2.62 bits per heavy atom. The summed E-state index contributed by atoms with van der Waals surface area (Å²) < 4.78 is 27.9. The van der Waals surface area contributed by atoms with Crippen LogP contribution in [0.5, 0.6) is 5.75 Å². The molecule has 0 aliphatic rings. The largest absolute Gasteiger partial charge is 0.491 e. The molecule has 0 radical (unpaired) electrons. The van der Waals surface area contributed by atoms with Crippen LogP contribution in [0.25, 0.3) is 21.8 Å². The number of rotatable bonds is 9. The summed E-state index contributed by atoms with van der Waals surface area (Å²) >= 11 is 0. The van der Waals surface area contributed by atoms with Crippen molar-refractivity contribution in [1.29, 1.82) is 0 Å². The number of aromatic nitrogens is 2. The van der Waals surface area contributed by atoms with E-state index in [0.717, 1.165) is 27.9 Å². The molecule has 0 saturated carbocycles. The number of halogens is 1. The molecule has 3 rings (SSSR count). The first-order valence-electron chi connectivity index (χ1n) is 8.01. The van der Waals surface area contributed by atoms with Gasteiger partial charge in [0.1, 0.15) is 19.0 Å². The molecule has 0 spiro atoms. The Labute approximate surface area is 139 Å². The van der Waals surface area contributed by atoms with Crippen LogP contribution in [0.3, 0.4) is 0 Å². The van der Waals surface area contributed by atoms with E-state index in [1.165, 1.54) is 5.39 Å². The van der Waals surface area contributed by atoms with E-state index < -0.39 is 6.67 Å². The Morgan fingerprint density at radius 2 is 1.79 bits per heavy atom. The third-order valence-electron chi connectivity index (χ3n) is 3.77. The summed E-state index contributed by atoms with van der Waals surface area (Å²) in [5.74, 6) is 0.789. The van der Waals surface area contributed by atoms with Crippen molar-refractivity contribution in [3.8, 4) is 5.75 Å². The third-order valence-corrected chi connectivity index (χ3v) is 3.77. The molecule has 2 aromatic heterocycles. The number of fused-ring (bicyclic) bond motifs is 3. The van der Waals surface area contributed by atoms with E-state index in [2.05, 4.69) is 16.0 Å². The lowest BCUT2D eigenvalue weighted by atomic mass is 10.1. The van der Waals surface area contributed by atoms with Gasteiger partial charge < -0.3 is 19.2 Å². The molecule has 2 heterocycles. The molecule has 0 unspecified atom stereocenters. The maximum absolute atomic E-state index is 11.8. The fourth-order valence-electron chi connectivity index (χ4n) is 2.63. The minimum atomic E-state index is -0.463. The SMILES string of the molecule is Cc1nccc2c1[nH]c1cc(OCCOCCOCCF)ccc12. The van der Waals surface area contributed by atoms with Crippen LogP contribution in [0, 0.1) is 6.92 Å². The number of H-pyrrole nitrogens is 1. The van der Waals surface area contributed by atoms with Crippen LogP contribution >= 0.6 is 0 Å². The Hall–Kier alpha value is -2.18. The van der Waals surface area contributed by atoms with Crippen LogP contribution in [-0.2, 0) is 9.47 Å². The number of nitrogens with zero attached hydrogens (tertiary/aromatic N) is 1. The molecule has 6 heteroatoms. The predicted octanol–water partition coefficient (Wildman–Crippen LogP) is 3.41. The van der Waals surface area contributed by atoms with Gasteiger partial charge in [0.25, 0.3) is 0 Å². The van der Waals surface area contributed by atoms with Crippen LogP contribution in [-0.4, -0.2) is 49.7 Å². The lowest BCUT2D eigenvalue weighted by Gasteiger charge is -2.07. The molecule has 1 N–H and O–H groups in total. The highest BCUT2D eigenvalue weighted by molar-refractivity contribution is 6.08. The molecule has 0 aliphatic heterocycles. The summed E-state index contributed by atoms with van der Waals surface area (Å²) in [6, 6.07) is 8.00. The molecule has 0 fully saturated rings. The summed E-state index contributed by atoms with van der Waals surface area (Å²) in [7, 11) is 0. The number of hydrogen-bond donors (Lipinski definition) is 1. The van der Waals surface area contributed by atoms with Crippen molar-refractivity contribution in [3.05, 3.63) is 36.2 Å². The van der Waals surface area contributed by atoms with Crippen molar-refractivity contribution in [2.75, 3.05) is 39.7 Å². The molecule has 5 nitrogen and oxygen atoms in total. The lowest BCUT2D eigenvalue weighted by molar-refractivity contribution is 0.0325. The van der Waals surface area contributed by atoms with Crippen molar-refractivity contribution < 1.29 is 18.6 Å². The minimum absolute atomic E-state index is 0.124. The van der Waals surface area contributed by atoms with Gasteiger partial charge >= 0.3 is 0 Å². The van der Waals surface area contributed by atoms with Gasteiger partial charge in [-0.05, 0) is 25.1 Å². The number of pyridine rings is 1. The van der Waals surface area contributed by atoms with E-state index in [4.69, 9.17) is 14.2 Å². The fraction of sp³-hybridized carbons (Fsp3) is 0.389.